The minimum atomic E-state index is -0.236. The van der Waals surface area contributed by atoms with Crippen LogP contribution in [0, 0.1) is 5.82 Å². The van der Waals surface area contributed by atoms with Gasteiger partial charge in [0.15, 0.2) is 5.96 Å². The number of halogens is 3. The van der Waals surface area contributed by atoms with Gasteiger partial charge in [-0.2, -0.15) is 5.10 Å². The van der Waals surface area contributed by atoms with Gasteiger partial charge in [-0.15, -0.1) is 24.0 Å². The first-order chi connectivity index (χ1) is 12.7. The van der Waals surface area contributed by atoms with Gasteiger partial charge < -0.3 is 10.6 Å². The summed E-state index contributed by atoms with van der Waals surface area (Å²) in [5.74, 6) is 0.354. The van der Waals surface area contributed by atoms with Crippen LogP contribution in [0.25, 0.3) is 5.69 Å². The second-order valence-electron chi connectivity index (χ2n) is 5.64. The molecule has 27 heavy (non-hydrogen) atoms. The third-order valence-electron chi connectivity index (χ3n) is 3.81. The Morgan fingerprint density at radius 2 is 1.81 bits per heavy atom. The molecular formula is C19H20ClFIN5. The molecule has 0 fully saturated rings. The Morgan fingerprint density at radius 1 is 1.11 bits per heavy atom. The maximum atomic E-state index is 13.7. The van der Waals surface area contributed by atoms with E-state index in [1.165, 1.54) is 6.07 Å². The maximum Gasteiger partial charge on any atom is 0.191 e. The Kier molecular flexibility index (Phi) is 8.05. The highest BCUT2D eigenvalue weighted by atomic mass is 127. The van der Waals surface area contributed by atoms with E-state index in [0.717, 1.165) is 11.3 Å². The SMILES string of the molecule is CN=C(NCc1cnn(-c2ccc(Cl)cc2)c1)NCc1ccccc1F.I. The smallest absolute Gasteiger partial charge is 0.191 e. The zero-order valence-electron chi connectivity index (χ0n) is 14.7. The molecule has 0 radical (unpaired) electrons. The van der Waals surface area contributed by atoms with Crippen LogP contribution in [0.5, 0.6) is 0 Å². The lowest BCUT2D eigenvalue weighted by Gasteiger charge is -2.11. The molecule has 0 spiro atoms. The van der Waals surface area contributed by atoms with Crippen molar-refractivity contribution in [3.8, 4) is 5.69 Å². The quantitative estimate of drug-likeness (QED) is 0.315. The third-order valence-corrected chi connectivity index (χ3v) is 4.07. The number of hydrogen-bond donors (Lipinski definition) is 2. The van der Waals surface area contributed by atoms with E-state index in [0.29, 0.717) is 29.6 Å². The van der Waals surface area contributed by atoms with E-state index in [1.807, 2.05) is 30.5 Å². The number of aliphatic imine (C=N–C) groups is 1. The topological polar surface area (TPSA) is 54.2 Å². The molecule has 3 aromatic rings. The van der Waals surface area contributed by atoms with Crippen molar-refractivity contribution in [3.05, 3.63) is 82.9 Å². The number of nitrogens with zero attached hydrogens (tertiary/aromatic N) is 3. The number of rotatable bonds is 5. The molecule has 1 aromatic heterocycles. The molecule has 1 heterocycles. The highest BCUT2D eigenvalue weighted by molar-refractivity contribution is 14.0. The van der Waals surface area contributed by atoms with Gasteiger partial charge in [0.25, 0.3) is 0 Å². The summed E-state index contributed by atoms with van der Waals surface area (Å²) >= 11 is 5.91. The molecule has 2 aromatic carbocycles. The molecule has 0 aliphatic carbocycles. The molecule has 142 valence electrons. The van der Waals surface area contributed by atoms with Gasteiger partial charge in [0.1, 0.15) is 5.82 Å². The summed E-state index contributed by atoms with van der Waals surface area (Å²) in [5.41, 5.74) is 2.52. The monoisotopic (exact) mass is 499 g/mol. The Balaban J connectivity index is 0.00000261. The summed E-state index contributed by atoms with van der Waals surface area (Å²) in [5, 5.41) is 11.3. The Morgan fingerprint density at radius 3 is 2.52 bits per heavy atom. The molecule has 0 amide bonds. The van der Waals surface area contributed by atoms with Gasteiger partial charge >= 0.3 is 0 Å². The highest BCUT2D eigenvalue weighted by Gasteiger charge is 2.05. The van der Waals surface area contributed by atoms with Crippen LogP contribution in [-0.4, -0.2) is 22.8 Å². The summed E-state index contributed by atoms with van der Waals surface area (Å²) in [6.07, 6.45) is 3.71. The fourth-order valence-electron chi connectivity index (χ4n) is 2.41. The van der Waals surface area contributed by atoms with Gasteiger partial charge in [-0.05, 0) is 30.3 Å². The number of hydrogen-bond acceptors (Lipinski definition) is 2. The van der Waals surface area contributed by atoms with E-state index in [-0.39, 0.29) is 29.8 Å². The summed E-state index contributed by atoms with van der Waals surface area (Å²) in [4.78, 5) is 4.15. The first-order valence-electron chi connectivity index (χ1n) is 8.13. The summed E-state index contributed by atoms with van der Waals surface area (Å²) < 4.78 is 15.4. The van der Waals surface area contributed by atoms with Crippen molar-refractivity contribution >= 4 is 41.5 Å². The number of benzene rings is 2. The average molecular weight is 500 g/mol. The molecule has 3 rings (SSSR count). The molecule has 0 bridgehead atoms. The molecular weight excluding hydrogens is 480 g/mol. The van der Waals surface area contributed by atoms with E-state index in [4.69, 9.17) is 11.6 Å². The van der Waals surface area contributed by atoms with Crippen LogP contribution in [0.15, 0.2) is 65.9 Å². The van der Waals surface area contributed by atoms with Crippen molar-refractivity contribution in [2.24, 2.45) is 4.99 Å². The van der Waals surface area contributed by atoms with E-state index in [9.17, 15) is 4.39 Å². The lowest BCUT2D eigenvalue weighted by Crippen LogP contribution is -2.36. The van der Waals surface area contributed by atoms with Crippen LogP contribution in [-0.2, 0) is 13.1 Å². The van der Waals surface area contributed by atoms with Crippen LogP contribution in [0.3, 0.4) is 0 Å². The van der Waals surface area contributed by atoms with E-state index >= 15 is 0 Å². The predicted octanol–water partition coefficient (Wildman–Crippen LogP) is 4.15. The fraction of sp³-hybridized carbons (Fsp3) is 0.158. The molecule has 0 aliphatic heterocycles. The summed E-state index contributed by atoms with van der Waals surface area (Å²) in [6.45, 7) is 0.904. The van der Waals surface area contributed by atoms with Gasteiger partial charge in [0.05, 0.1) is 11.9 Å². The molecule has 8 heteroatoms. The van der Waals surface area contributed by atoms with Crippen molar-refractivity contribution in [1.29, 1.82) is 0 Å². The summed E-state index contributed by atoms with van der Waals surface area (Å²) in [7, 11) is 1.67. The van der Waals surface area contributed by atoms with Crippen molar-refractivity contribution in [2.45, 2.75) is 13.1 Å². The molecule has 0 saturated carbocycles. The van der Waals surface area contributed by atoms with Crippen molar-refractivity contribution < 1.29 is 4.39 Å². The zero-order chi connectivity index (χ0) is 18.4. The first-order valence-corrected chi connectivity index (χ1v) is 8.51. The minimum absolute atomic E-state index is 0. The lowest BCUT2D eigenvalue weighted by atomic mass is 10.2. The maximum absolute atomic E-state index is 13.7. The fourth-order valence-corrected chi connectivity index (χ4v) is 2.54. The lowest BCUT2D eigenvalue weighted by molar-refractivity contribution is 0.604. The van der Waals surface area contributed by atoms with Gasteiger partial charge in [-0.1, -0.05) is 29.8 Å². The number of guanidine groups is 1. The average Bonchev–Trinajstić information content (AvgIpc) is 3.13. The first kappa shape index (κ1) is 21.2. The Bertz CT molecular complexity index is 895. The largest absolute Gasteiger partial charge is 0.352 e. The standard InChI is InChI=1S/C19H19ClFN5.HI/c1-22-19(24-12-15-4-2-3-5-18(15)21)23-10-14-11-25-26(13-14)17-8-6-16(20)7-9-17;/h2-9,11,13H,10,12H2,1H3,(H2,22,23,24);1H. The Hall–Kier alpha value is -2.13. The van der Waals surface area contributed by atoms with Crippen molar-refractivity contribution in [3.63, 3.8) is 0 Å². The second kappa shape index (κ2) is 10.3. The molecule has 0 aliphatic rings. The molecule has 0 saturated heterocycles. The number of aromatic nitrogens is 2. The normalized spacial score (nSPS) is 11.0. The predicted molar refractivity (Wildman–Crippen MR) is 117 cm³/mol. The van der Waals surface area contributed by atoms with Crippen LogP contribution in [0.2, 0.25) is 5.02 Å². The van der Waals surface area contributed by atoms with Crippen LogP contribution in [0.1, 0.15) is 11.1 Å². The highest BCUT2D eigenvalue weighted by Crippen LogP contribution is 2.13. The van der Waals surface area contributed by atoms with Crippen LogP contribution < -0.4 is 10.6 Å². The van der Waals surface area contributed by atoms with Crippen LogP contribution in [0.4, 0.5) is 4.39 Å². The summed E-state index contributed by atoms with van der Waals surface area (Å²) in [6, 6.07) is 14.1. The van der Waals surface area contributed by atoms with Gasteiger partial charge in [0.2, 0.25) is 0 Å². The van der Waals surface area contributed by atoms with Crippen molar-refractivity contribution in [1.82, 2.24) is 20.4 Å². The van der Waals surface area contributed by atoms with E-state index < -0.39 is 0 Å². The molecule has 0 atom stereocenters. The van der Waals surface area contributed by atoms with Gasteiger partial charge in [-0.25, -0.2) is 9.07 Å². The van der Waals surface area contributed by atoms with E-state index in [2.05, 4.69) is 20.7 Å². The minimum Gasteiger partial charge on any atom is -0.352 e. The zero-order valence-corrected chi connectivity index (χ0v) is 17.8. The second-order valence-corrected chi connectivity index (χ2v) is 6.08. The van der Waals surface area contributed by atoms with Gasteiger partial charge in [0, 0.05) is 42.5 Å². The van der Waals surface area contributed by atoms with E-state index in [1.54, 1.807) is 36.1 Å². The third kappa shape index (κ3) is 5.93. The Labute approximate surface area is 179 Å². The van der Waals surface area contributed by atoms with Gasteiger partial charge in [-0.3, -0.25) is 4.99 Å². The van der Waals surface area contributed by atoms with Crippen molar-refractivity contribution in [2.75, 3.05) is 7.05 Å². The van der Waals surface area contributed by atoms with Crippen LogP contribution >= 0.6 is 35.6 Å². The molecule has 2 N–H and O–H groups in total. The molecule has 5 nitrogen and oxygen atoms in total. The molecule has 0 unspecified atom stereocenters. The number of nitrogens with one attached hydrogen (secondary N) is 2.